The number of nitrogens with zero attached hydrogens (tertiary/aromatic N) is 1. The standard InChI is InChI=1S/C25H25N3O5S/c1-15-23(24(30)31)28-22(34-15)11-13-26-21(29)10-12-27-25(32)33-14-20-18-8-4-2-6-16(18)17-7-3-5-9-19(17)20/h2-9,20H,10-14H2,1H3,(H,26,29)(H,27,32)(H,30,31). The van der Waals surface area contributed by atoms with Crippen LogP contribution in [0.2, 0.25) is 0 Å². The second kappa shape index (κ2) is 10.5. The lowest BCUT2D eigenvalue weighted by Gasteiger charge is -2.14. The van der Waals surface area contributed by atoms with Crippen molar-refractivity contribution in [2.45, 2.75) is 25.7 Å². The van der Waals surface area contributed by atoms with Gasteiger partial charge in [-0.15, -0.1) is 11.3 Å². The van der Waals surface area contributed by atoms with E-state index < -0.39 is 12.1 Å². The summed E-state index contributed by atoms with van der Waals surface area (Å²) < 4.78 is 5.46. The molecular formula is C25H25N3O5S. The average Bonchev–Trinajstić information content (AvgIpc) is 3.35. The highest BCUT2D eigenvalue weighted by Gasteiger charge is 2.28. The number of amides is 2. The molecule has 2 amide bonds. The van der Waals surface area contributed by atoms with Crippen LogP contribution >= 0.6 is 11.3 Å². The minimum atomic E-state index is -1.05. The van der Waals surface area contributed by atoms with Gasteiger partial charge in [0.2, 0.25) is 5.91 Å². The maximum Gasteiger partial charge on any atom is 0.407 e. The quantitative estimate of drug-likeness (QED) is 0.430. The second-order valence-electron chi connectivity index (χ2n) is 7.92. The van der Waals surface area contributed by atoms with Gasteiger partial charge < -0.3 is 20.5 Å². The van der Waals surface area contributed by atoms with Gasteiger partial charge in [0.05, 0.1) is 5.01 Å². The number of aromatic nitrogens is 1. The number of carboxylic acids is 1. The van der Waals surface area contributed by atoms with Crippen molar-refractivity contribution in [1.82, 2.24) is 15.6 Å². The number of benzene rings is 2. The zero-order chi connectivity index (χ0) is 24.1. The van der Waals surface area contributed by atoms with Gasteiger partial charge in [0.1, 0.15) is 6.61 Å². The third-order valence-electron chi connectivity index (χ3n) is 5.67. The van der Waals surface area contributed by atoms with Crippen molar-refractivity contribution < 1.29 is 24.2 Å². The first kappa shape index (κ1) is 23.4. The summed E-state index contributed by atoms with van der Waals surface area (Å²) in [5.74, 6) is -1.29. The number of carbonyl (C=O) groups is 3. The van der Waals surface area contributed by atoms with E-state index in [2.05, 4.69) is 39.9 Å². The highest BCUT2D eigenvalue weighted by Crippen LogP contribution is 2.44. The lowest BCUT2D eigenvalue weighted by atomic mass is 9.98. The van der Waals surface area contributed by atoms with Gasteiger partial charge in [-0.05, 0) is 29.2 Å². The Balaban J connectivity index is 1.18. The van der Waals surface area contributed by atoms with E-state index in [1.165, 1.54) is 11.3 Å². The first-order valence-electron chi connectivity index (χ1n) is 11.0. The normalized spacial score (nSPS) is 12.0. The van der Waals surface area contributed by atoms with Crippen LogP contribution in [0.5, 0.6) is 0 Å². The van der Waals surface area contributed by atoms with Crippen LogP contribution < -0.4 is 10.6 Å². The number of fused-ring (bicyclic) bond motifs is 3. The van der Waals surface area contributed by atoms with Gasteiger partial charge in [0, 0.05) is 36.7 Å². The van der Waals surface area contributed by atoms with Crippen molar-refractivity contribution in [3.63, 3.8) is 0 Å². The van der Waals surface area contributed by atoms with E-state index in [0.29, 0.717) is 22.9 Å². The van der Waals surface area contributed by atoms with Crippen molar-refractivity contribution >= 4 is 29.3 Å². The summed E-state index contributed by atoms with van der Waals surface area (Å²) in [5, 5.41) is 15.1. The molecule has 0 aliphatic heterocycles. The smallest absolute Gasteiger partial charge is 0.407 e. The van der Waals surface area contributed by atoms with E-state index >= 15 is 0 Å². The molecule has 0 saturated carbocycles. The molecule has 0 spiro atoms. The third kappa shape index (κ3) is 5.26. The van der Waals surface area contributed by atoms with E-state index in [1.54, 1.807) is 6.92 Å². The van der Waals surface area contributed by atoms with Gasteiger partial charge >= 0.3 is 12.1 Å². The molecule has 3 aromatic rings. The number of carbonyl (C=O) groups excluding carboxylic acids is 2. The number of hydrogen-bond donors (Lipinski definition) is 3. The number of carboxylic acid groups (broad SMARTS) is 1. The van der Waals surface area contributed by atoms with E-state index in [9.17, 15) is 14.4 Å². The molecule has 1 aliphatic rings. The Morgan fingerprint density at radius 3 is 2.26 bits per heavy atom. The molecule has 8 nitrogen and oxygen atoms in total. The average molecular weight is 480 g/mol. The van der Waals surface area contributed by atoms with Gasteiger partial charge in [0.15, 0.2) is 5.69 Å². The minimum absolute atomic E-state index is 0.0161. The van der Waals surface area contributed by atoms with Gasteiger partial charge in [-0.2, -0.15) is 0 Å². The zero-order valence-electron chi connectivity index (χ0n) is 18.7. The van der Waals surface area contributed by atoms with Crippen LogP contribution in [-0.4, -0.2) is 47.8 Å². The topological polar surface area (TPSA) is 118 Å². The molecule has 0 radical (unpaired) electrons. The number of alkyl carbamates (subject to hydrolysis) is 1. The number of nitrogens with one attached hydrogen (secondary N) is 2. The maximum atomic E-state index is 12.2. The SMILES string of the molecule is Cc1sc(CCNC(=O)CCNC(=O)OCC2c3ccccc3-c3ccccc32)nc1C(=O)O. The van der Waals surface area contributed by atoms with Crippen molar-refractivity contribution in [1.29, 1.82) is 0 Å². The number of ether oxygens (including phenoxy) is 1. The Morgan fingerprint density at radius 2 is 1.65 bits per heavy atom. The van der Waals surface area contributed by atoms with Crippen LogP contribution in [0, 0.1) is 6.92 Å². The Hall–Kier alpha value is -3.72. The highest BCUT2D eigenvalue weighted by molar-refractivity contribution is 7.11. The van der Waals surface area contributed by atoms with Crippen molar-refractivity contribution in [2.75, 3.05) is 19.7 Å². The number of hydrogen-bond acceptors (Lipinski definition) is 6. The molecule has 0 saturated heterocycles. The van der Waals surface area contributed by atoms with Crippen LogP contribution in [0.15, 0.2) is 48.5 Å². The number of aromatic carboxylic acids is 1. The summed E-state index contributed by atoms with van der Waals surface area (Å²) in [5.41, 5.74) is 4.66. The molecule has 9 heteroatoms. The van der Waals surface area contributed by atoms with Crippen LogP contribution in [-0.2, 0) is 16.0 Å². The van der Waals surface area contributed by atoms with Crippen molar-refractivity contribution in [3.05, 3.63) is 75.2 Å². The molecule has 0 unspecified atom stereocenters. The Labute approximate surface area is 201 Å². The van der Waals surface area contributed by atoms with Crippen LogP contribution in [0.4, 0.5) is 4.79 Å². The second-order valence-corrected chi connectivity index (χ2v) is 9.21. The van der Waals surface area contributed by atoms with Gasteiger partial charge in [-0.25, -0.2) is 14.6 Å². The maximum absolute atomic E-state index is 12.2. The number of rotatable bonds is 9. The molecule has 176 valence electrons. The summed E-state index contributed by atoms with van der Waals surface area (Å²) in [4.78, 5) is 40.0. The molecule has 1 aliphatic carbocycles. The summed E-state index contributed by atoms with van der Waals surface area (Å²) >= 11 is 1.31. The molecule has 3 N–H and O–H groups in total. The first-order valence-corrected chi connectivity index (χ1v) is 11.8. The molecule has 1 heterocycles. The monoisotopic (exact) mass is 479 g/mol. The third-order valence-corrected chi connectivity index (χ3v) is 6.70. The van der Waals surface area contributed by atoms with E-state index in [-0.39, 0.29) is 37.1 Å². The summed E-state index contributed by atoms with van der Waals surface area (Å²) in [6.45, 7) is 2.42. The largest absolute Gasteiger partial charge is 0.476 e. The predicted octanol–water partition coefficient (Wildman–Crippen LogP) is 3.74. The first-order chi connectivity index (χ1) is 16.4. The number of thiazole rings is 1. The molecule has 4 rings (SSSR count). The van der Waals surface area contributed by atoms with Crippen LogP contribution in [0.25, 0.3) is 11.1 Å². The molecule has 0 bridgehead atoms. The predicted molar refractivity (Wildman–Crippen MR) is 128 cm³/mol. The Bertz CT molecular complexity index is 1180. The van der Waals surface area contributed by atoms with Crippen LogP contribution in [0.3, 0.4) is 0 Å². The lowest BCUT2D eigenvalue weighted by molar-refractivity contribution is -0.120. The lowest BCUT2D eigenvalue weighted by Crippen LogP contribution is -2.32. The van der Waals surface area contributed by atoms with E-state index in [1.807, 2.05) is 24.3 Å². The molecule has 0 fully saturated rings. The fourth-order valence-electron chi connectivity index (χ4n) is 4.08. The molecule has 34 heavy (non-hydrogen) atoms. The number of aryl methyl sites for hydroxylation is 1. The van der Waals surface area contributed by atoms with Gasteiger partial charge in [0.25, 0.3) is 0 Å². The van der Waals surface area contributed by atoms with Crippen LogP contribution in [0.1, 0.15) is 43.8 Å². The van der Waals surface area contributed by atoms with Gasteiger partial charge in [-0.3, -0.25) is 4.79 Å². The summed E-state index contributed by atoms with van der Waals surface area (Å²) in [6, 6.07) is 16.2. The molecule has 2 aromatic carbocycles. The summed E-state index contributed by atoms with van der Waals surface area (Å²) in [7, 11) is 0. The molecule has 0 atom stereocenters. The van der Waals surface area contributed by atoms with Crippen molar-refractivity contribution in [3.8, 4) is 11.1 Å². The minimum Gasteiger partial charge on any atom is -0.476 e. The fourth-order valence-corrected chi connectivity index (χ4v) is 5.01. The highest BCUT2D eigenvalue weighted by atomic mass is 32.1. The van der Waals surface area contributed by atoms with Crippen molar-refractivity contribution in [2.24, 2.45) is 0 Å². The Kier molecular flexibility index (Phi) is 7.22. The molecular weight excluding hydrogens is 454 g/mol. The zero-order valence-corrected chi connectivity index (χ0v) is 19.5. The van der Waals surface area contributed by atoms with Gasteiger partial charge in [-0.1, -0.05) is 48.5 Å². The fraction of sp³-hybridized carbons (Fsp3) is 0.280. The summed E-state index contributed by atoms with van der Waals surface area (Å²) in [6.07, 6.45) is 0.000314. The van der Waals surface area contributed by atoms with E-state index in [4.69, 9.17) is 9.84 Å². The Morgan fingerprint density at radius 1 is 1.00 bits per heavy atom. The van der Waals surface area contributed by atoms with E-state index in [0.717, 1.165) is 22.3 Å². The molecule has 1 aromatic heterocycles.